The largest absolute Gasteiger partial charge is 0.296 e. The molecule has 0 saturated heterocycles. The molecule has 5 nitrogen and oxygen atoms in total. The maximum absolute atomic E-state index is 13.5. The number of aromatic nitrogens is 2. The zero-order chi connectivity index (χ0) is 20.4. The molecule has 5 heteroatoms. The van der Waals surface area contributed by atoms with Crippen molar-refractivity contribution in [3.63, 3.8) is 0 Å². The van der Waals surface area contributed by atoms with E-state index in [2.05, 4.69) is 0 Å². The Hall–Kier alpha value is -3.86. The summed E-state index contributed by atoms with van der Waals surface area (Å²) < 4.78 is 3.36. The van der Waals surface area contributed by atoms with Gasteiger partial charge < -0.3 is 0 Å². The maximum atomic E-state index is 13.5. The second-order valence-electron chi connectivity index (χ2n) is 6.75. The molecule has 0 radical (unpaired) electrons. The van der Waals surface area contributed by atoms with Crippen molar-refractivity contribution in [2.45, 2.75) is 6.92 Å². The molecule has 3 aromatic carbocycles. The summed E-state index contributed by atoms with van der Waals surface area (Å²) in [7, 11) is 1.82. The highest BCUT2D eigenvalue weighted by Gasteiger charge is 2.28. The molecule has 0 spiro atoms. The van der Waals surface area contributed by atoms with Crippen molar-refractivity contribution in [1.29, 1.82) is 0 Å². The van der Waals surface area contributed by atoms with Gasteiger partial charge in [-0.25, -0.2) is 4.68 Å². The van der Waals surface area contributed by atoms with Gasteiger partial charge in [0.05, 0.1) is 11.4 Å². The van der Waals surface area contributed by atoms with Gasteiger partial charge in [0, 0.05) is 18.3 Å². The van der Waals surface area contributed by atoms with Gasteiger partial charge in [0.15, 0.2) is 0 Å². The first-order chi connectivity index (χ1) is 14.1. The predicted octanol–water partition coefficient (Wildman–Crippen LogP) is 4.46. The summed E-state index contributed by atoms with van der Waals surface area (Å²) in [6, 6.07) is 27.7. The van der Waals surface area contributed by atoms with E-state index < -0.39 is 0 Å². The fourth-order valence-corrected chi connectivity index (χ4v) is 3.45. The number of carbonyl (C=O) groups excluding carboxylic acids is 1. The van der Waals surface area contributed by atoms with Crippen LogP contribution in [0.3, 0.4) is 0 Å². The Morgan fingerprint density at radius 3 is 1.90 bits per heavy atom. The lowest BCUT2D eigenvalue weighted by Crippen LogP contribution is -2.31. The molecule has 0 aliphatic heterocycles. The SMILES string of the molecule is Cc1c(N(C(=O)c2ccccc2)c2ccccc2)c(=O)n(-c2ccccc2)n1C. The van der Waals surface area contributed by atoms with E-state index in [0.717, 1.165) is 5.69 Å². The number of anilines is 2. The van der Waals surface area contributed by atoms with E-state index >= 15 is 0 Å². The van der Waals surface area contributed by atoms with Crippen LogP contribution < -0.4 is 10.5 Å². The molecule has 0 bridgehead atoms. The smallest absolute Gasteiger partial charge is 0.283 e. The van der Waals surface area contributed by atoms with E-state index in [4.69, 9.17) is 0 Å². The second-order valence-corrected chi connectivity index (χ2v) is 6.75. The van der Waals surface area contributed by atoms with E-state index in [1.54, 1.807) is 21.5 Å². The molecule has 0 aliphatic carbocycles. The van der Waals surface area contributed by atoms with Crippen LogP contribution in [0.1, 0.15) is 16.1 Å². The van der Waals surface area contributed by atoms with Gasteiger partial charge in [0.1, 0.15) is 5.69 Å². The Morgan fingerprint density at radius 2 is 1.31 bits per heavy atom. The first kappa shape index (κ1) is 18.5. The summed E-state index contributed by atoms with van der Waals surface area (Å²) in [6.45, 7) is 1.85. The van der Waals surface area contributed by atoms with Crippen molar-refractivity contribution in [1.82, 2.24) is 9.36 Å². The highest BCUT2D eigenvalue weighted by Crippen LogP contribution is 2.28. The minimum absolute atomic E-state index is 0.246. The van der Waals surface area contributed by atoms with Crippen LogP contribution in [0.5, 0.6) is 0 Å². The van der Waals surface area contributed by atoms with Crippen molar-refractivity contribution in [2.24, 2.45) is 7.05 Å². The first-order valence-electron chi connectivity index (χ1n) is 9.38. The van der Waals surface area contributed by atoms with E-state index in [1.807, 2.05) is 92.8 Å². The normalized spacial score (nSPS) is 10.7. The maximum Gasteiger partial charge on any atom is 0.296 e. The molecule has 29 heavy (non-hydrogen) atoms. The van der Waals surface area contributed by atoms with Crippen LogP contribution in [0.4, 0.5) is 11.4 Å². The average molecular weight is 383 g/mol. The van der Waals surface area contributed by atoms with Gasteiger partial charge in [-0.05, 0) is 43.3 Å². The molecular formula is C24H21N3O2. The molecule has 1 heterocycles. The quantitative estimate of drug-likeness (QED) is 0.522. The van der Waals surface area contributed by atoms with Crippen LogP contribution in [0, 0.1) is 6.92 Å². The molecule has 1 aromatic heterocycles. The summed E-state index contributed by atoms with van der Waals surface area (Å²) in [6.07, 6.45) is 0. The minimum Gasteiger partial charge on any atom is -0.283 e. The monoisotopic (exact) mass is 383 g/mol. The Morgan fingerprint density at radius 1 is 0.793 bits per heavy atom. The summed E-state index contributed by atoms with van der Waals surface area (Å²) in [4.78, 5) is 28.5. The van der Waals surface area contributed by atoms with E-state index in [0.29, 0.717) is 22.6 Å². The van der Waals surface area contributed by atoms with Crippen molar-refractivity contribution in [2.75, 3.05) is 4.90 Å². The molecule has 1 amide bonds. The Balaban J connectivity index is 1.95. The van der Waals surface area contributed by atoms with Crippen LogP contribution in [-0.4, -0.2) is 15.3 Å². The number of hydrogen-bond acceptors (Lipinski definition) is 2. The van der Waals surface area contributed by atoms with Crippen molar-refractivity contribution >= 4 is 17.3 Å². The predicted molar refractivity (Wildman–Crippen MR) is 115 cm³/mol. The van der Waals surface area contributed by atoms with Gasteiger partial charge in [-0.3, -0.25) is 19.2 Å². The molecule has 0 unspecified atom stereocenters. The summed E-state index contributed by atoms with van der Waals surface area (Å²) in [5.41, 5.74) is 2.71. The molecule has 4 rings (SSSR count). The standard InChI is InChI=1S/C24H21N3O2/c1-18-22(24(29)27(25(18)2)21-16-10-5-11-17-21)26(20-14-8-4-9-15-20)23(28)19-12-6-3-7-13-19/h3-17H,1-2H3. The lowest BCUT2D eigenvalue weighted by Gasteiger charge is -2.22. The number of hydrogen-bond donors (Lipinski definition) is 0. The van der Waals surface area contributed by atoms with Crippen LogP contribution in [-0.2, 0) is 7.05 Å². The van der Waals surface area contributed by atoms with Gasteiger partial charge in [-0.1, -0.05) is 54.6 Å². The summed E-state index contributed by atoms with van der Waals surface area (Å²) in [5.74, 6) is -0.247. The molecule has 0 fully saturated rings. The number of rotatable bonds is 4. The third-order valence-corrected chi connectivity index (χ3v) is 4.99. The Labute approximate surface area is 169 Å². The molecule has 0 atom stereocenters. The molecule has 0 aliphatic rings. The van der Waals surface area contributed by atoms with Gasteiger partial charge in [0.25, 0.3) is 11.5 Å². The van der Waals surface area contributed by atoms with Crippen LogP contribution in [0.25, 0.3) is 5.69 Å². The van der Waals surface area contributed by atoms with E-state index in [1.165, 1.54) is 4.90 Å². The fourth-order valence-electron chi connectivity index (χ4n) is 3.45. The lowest BCUT2D eigenvalue weighted by molar-refractivity contribution is 0.0999. The van der Waals surface area contributed by atoms with E-state index in [-0.39, 0.29) is 11.5 Å². The van der Waals surface area contributed by atoms with Crippen LogP contribution in [0.2, 0.25) is 0 Å². The zero-order valence-electron chi connectivity index (χ0n) is 16.3. The molecular weight excluding hydrogens is 362 g/mol. The molecule has 4 aromatic rings. The fraction of sp³-hybridized carbons (Fsp3) is 0.0833. The number of para-hydroxylation sites is 2. The summed E-state index contributed by atoms with van der Waals surface area (Å²) in [5, 5.41) is 0. The third kappa shape index (κ3) is 3.27. The minimum atomic E-state index is -0.247. The van der Waals surface area contributed by atoms with Crippen LogP contribution >= 0.6 is 0 Å². The number of benzene rings is 3. The van der Waals surface area contributed by atoms with Crippen molar-refractivity contribution in [3.8, 4) is 5.69 Å². The van der Waals surface area contributed by atoms with E-state index in [9.17, 15) is 9.59 Å². The first-order valence-corrected chi connectivity index (χ1v) is 9.38. The molecule has 144 valence electrons. The second kappa shape index (κ2) is 7.64. The number of carbonyl (C=O) groups is 1. The third-order valence-electron chi connectivity index (χ3n) is 4.99. The van der Waals surface area contributed by atoms with Crippen LogP contribution in [0.15, 0.2) is 95.8 Å². The number of amides is 1. The van der Waals surface area contributed by atoms with Crippen molar-refractivity contribution < 1.29 is 4.79 Å². The number of nitrogens with zero attached hydrogens (tertiary/aromatic N) is 3. The van der Waals surface area contributed by atoms with Crippen molar-refractivity contribution in [3.05, 3.63) is 113 Å². The highest BCUT2D eigenvalue weighted by molar-refractivity contribution is 6.11. The topological polar surface area (TPSA) is 47.2 Å². The highest BCUT2D eigenvalue weighted by atomic mass is 16.2. The van der Waals surface area contributed by atoms with Gasteiger partial charge in [0.2, 0.25) is 0 Å². The lowest BCUT2D eigenvalue weighted by atomic mass is 10.1. The zero-order valence-corrected chi connectivity index (χ0v) is 16.3. The molecule has 0 saturated carbocycles. The molecule has 0 N–H and O–H groups in total. The Bertz CT molecular complexity index is 1190. The van der Waals surface area contributed by atoms with Gasteiger partial charge in [-0.2, -0.15) is 0 Å². The average Bonchev–Trinajstić information content (AvgIpc) is 2.99. The van der Waals surface area contributed by atoms with Gasteiger partial charge >= 0.3 is 0 Å². The van der Waals surface area contributed by atoms with Gasteiger partial charge in [-0.15, -0.1) is 0 Å². The summed E-state index contributed by atoms with van der Waals surface area (Å²) >= 11 is 0. The Kier molecular flexibility index (Phi) is 4.87.